The lowest BCUT2D eigenvalue weighted by Gasteiger charge is -2.32. The van der Waals surface area contributed by atoms with Gasteiger partial charge in [-0.1, -0.05) is 12.1 Å². The van der Waals surface area contributed by atoms with Gasteiger partial charge in [-0.15, -0.1) is 24.0 Å². The normalized spacial score (nSPS) is 16.6. The fourth-order valence-electron chi connectivity index (χ4n) is 3.42. The minimum absolute atomic E-state index is 0. The number of ether oxygens (including phenoxy) is 2. The highest BCUT2D eigenvalue weighted by molar-refractivity contribution is 14.0. The van der Waals surface area contributed by atoms with Crippen molar-refractivity contribution in [2.45, 2.75) is 26.1 Å². The Morgan fingerprint density at radius 3 is 2.73 bits per heavy atom. The molecule has 1 aliphatic heterocycles. The van der Waals surface area contributed by atoms with Gasteiger partial charge < -0.3 is 24.6 Å². The van der Waals surface area contributed by atoms with Crippen LogP contribution in [0.4, 0.5) is 5.82 Å². The van der Waals surface area contributed by atoms with E-state index in [9.17, 15) is 0 Å². The first-order valence-corrected chi connectivity index (χ1v) is 9.95. The fourth-order valence-corrected chi connectivity index (χ4v) is 3.42. The topological polar surface area (TPSA) is 62.2 Å². The van der Waals surface area contributed by atoms with Gasteiger partial charge in [0.2, 0.25) is 0 Å². The summed E-state index contributed by atoms with van der Waals surface area (Å²) in [5.74, 6) is 2.71. The molecular formula is C22H32IN5O2. The van der Waals surface area contributed by atoms with Gasteiger partial charge in [0.25, 0.3) is 0 Å². The highest BCUT2D eigenvalue weighted by Crippen LogP contribution is 2.17. The molecule has 7 nitrogen and oxygen atoms in total. The van der Waals surface area contributed by atoms with E-state index < -0.39 is 0 Å². The summed E-state index contributed by atoms with van der Waals surface area (Å²) < 4.78 is 10.9. The summed E-state index contributed by atoms with van der Waals surface area (Å²) in [7, 11) is 5.52. The SMILES string of the molecule is CN=C(NCc1ccnc(N2CCOC(C)C2)c1)N(C)Cc1ccc(OC)cc1.I. The van der Waals surface area contributed by atoms with Crippen LogP contribution >= 0.6 is 24.0 Å². The molecule has 2 aromatic rings. The van der Waals surface area contributed by atoms with Crippen LogP contribution in [0, 0.1) is 0 Å². The van der Waals surface area contributed by atoms with E-state index in [0.717, 1.165) is 43.8 Å². The van der Waals surface area contributed by atoms with Crippen LogP contribution in [-0.4, -0.2) is 62.8 Å². The van der Waals surface area contributed by atoms with E-state index in [1.54, 1.807) is 14.2 Å². The molecule has 1 saturated heterocycles. The highest BCUT2D eigenvalue weighted by Gasteiger charge is 2.18. The predicted molar refractivity (Wildman–Crippen MR) is 132 cm³/mol. The Morgan fingerprint density at radius 2 is 2.07 bits per heavy atom. The van der Waals surface area contributed by atoms with Gasteiger partial charge in [0.15, 0.2) is 5.96 Å². The number of nitrogens with zero attached hydrogens (tertiary/aromatic N) is 4. The van der Waals surface area contributed by atoms with E-state index in [4.69, 9.17) is 9.47 Å². The maximum Gasteiger partial charge on any atom is 0.193 e. The smallest absolute Gasteiger partial charge is 0.193 e. The summed E-state index contributed by atoms with van der Waals surface area (Å²) in [5.41, 5.74) is 2.37. The molecule has 1 unspecified atom stereocenters. The molecule has 0 spiro atoms. The molecule has 0 amide bonds. The van der Waals surface area contributed by atoms with Gasteiger partial charge in [0, 0.05) is 46.5 Å². The summed E-state index contributed by atoms with van der Waals surface area (Å²) in [4.78, 5) is 13.3. The van der Waals surface area contributed by atoms with Crippen molar-refractivity contribution < 1.29 is 9.47 Å². The van der Waals surface area contributed by atoms with E-state index in [-0.39, 0.29) is 30.1 Å². The Labute approximate surface area is 196 Å². The number of anilines is 1. The number of hydrogen-bond donors (Lipinski definition) is 1. The third kappa shape index (κ3) is 6.73. The number of aromatic nitrogens is 1. The van der Waals surface area contributed by atoms with Crippen LogP contribution in [0.25, 0.3) is 0 Å². The average Bonchev–Trinajstić information content (AvgIpc) is 2.75. The lowest BCUT2D eigenvalue weighted by atomic mass is 10.2. The van der Waals surface area contributed by atoms with Gasteiger partial charge in [-0.2, -0.15) is 0 Å². The van der Waals surface area contributed by atoms with Crippen molar-refractivity contribution >= 4 is 35.8 Å². The Kier molecular flexibility index (Phi) is 9.64. The summed E-state index contributed by atoms with van der Waals surface area (Å²) in [5, 5.41) is 3.45. The quantitative estimate of drug-likeness (QED) is 0.356. The van der Waals surface area contributed by atoms with Crippen molar-refractivity contribution in [3.8, 4) is 5.75 Å². The second-order valence-electron chi connectivity index (χ2n) is 7.25. The second-order valence-corrected chi connectivity index (χ2v) is 7.25. The summed E-state index contributed by atoms with van der Waals surface area (Å²) in [6.07, 6.45) is 2.11. The van der Waals surface area contributed by atoms with E-state index in [1.807, 2.05) is 31.4 Å². The minimum Gasteiger partial charge on any atom is -0.497 e. The first-order chi connectivity index (χ1) is 14.1. The van der Waals surface area contributed by atoms with E-state index in [2.05, 4.69) is 50.2 Å². The van der Waals surface area contributed by atoms with Crippen LogP contribution in [0.1, 0.15) is 18.1 Å². The number of methoxy groups -OCH3 is 1. The van der Waals surface area contributed by atoms with E-state index in [0.29, 0.717) is 6.54 Å². The van der Waals surface area contributed by atoms with E-state index >= 15 is 0 Å². The molecule has 0 saturated carbocycles. The summed E-state index contributed by atoms with van der Waals surface area (Å²) in [6.45, 7) is 6.04. The third-order valence-electron chi connectivity index (χ3n) is 4.98. The lowest BCUT2D eigenvalue weighted by Crippen LogP contribution is -2.41. The molecule has 1 N–H and O–H groups in total. The Balaban J connectivity index is 0.00000320. The molecule has 1 aromatic heterocycles. The number of aliphatic imine (C=N–C) groups is 1. The van der Waals surface area contributed by atoms with Crippen LogP contribution in [0.5, 0.6) is 5.75 Å². The molecule has 3 rings (SSSR count). The van der Waals surface area contributed by atoms with Crippen molar-refractivity contribution in [2.75, 3.05) is 45.8 Å². The van der Waals surface area contributed by atoms with Crippen LogP contribution in [0.2, 0.25) is 0 Å². The van der Waals surface area contributed by atoms with Crippen LogP contribution in [0.15, 0.2) is 47.6 Å². The number of benzene rings is 1. The standard InChI is InChI=1S/C22H31N5O2.HI/c1-17-15-27(11-12-29-17)21-13-19(9-10-24-21)14-25-22(23-2)26(3)16-18-5-7-20(28-4)8-6-18;/h5-10,13,17H,11-12,14-16H2,1-4H3,(H,23,25);1H. The van der Waals surface area contributed by atoms with Crippen LogP contribution < -0.4 is 15.0 Å². The number of pyridine rings is 1. The fraction of sp³-hybridized carbons (Fsp3) is 0.455. The molecule has 1 aromatic carbocycles. The van der Waals surface area contributed by atoms with Gasteiger partial charge in [0.1, 0.15) is 11.6 Å². The summed E-state index contributed by atoms with van der Waals surface area (Å²) in [6, 6.07) is 12.3. The van der Waals surface area contributed by atoms with Crippen molar-refractivity contribution in [1.82, 2.24) is 15.2 Å². The number of nitrogens with one attached hydrogen (secondary N) is 1. The van der Waals surface area contributed by atoms with Gasteiger partial charge in [-0.05, 0) is 42.3 Å². The molecule has 1 atom stereocenters. The number of guanidine groups is 1. The zero-order chi connectivity index (χ0) is 20.6. The van der Waals surface area contributed by atoms with Gasteiger partial charge >= 0.3 is 0 Å². The highest BCUT2D eigenvalue weighted by atomic mass is 127. The molecule has 0 aliphatic carbocycles. The minimum atomic E-state index is 0. The molecule has 1 fully saturated rings. The lowest BCUT2D eigenvalue weighted by molar-refractivity contribution is 0.0529. The number of morpholine rings is 1. The van der Waals surface area contributed by atoms with Gasteiger partial charge in [-0.3, -0.25) is 4.99 Å². The van der Waals surface area contributed by atoms with Gasteiger partial charge in [0.05, 0.1) is 19.8 Å². The van der Waals surface area contributed by atoms with Gasteiger partial charge in [-0.25, -0.2) is 4.98 Å². The van der Waals surface area contributed by atoms with Crippen molar-refractivity contribution in [2.24, 2.45) is 4.99 Å². The zero-order valence-corrected chi connectivity index (χ0v) is 20.5. The second kappa shape index (κ2) is 11.9. The van der Waals surface area contributed by atoms with E-state index in [1.165, 1.54) is 11.1 Å². The molecule has 164 valence electrons. The molecule has 2 heterocycles. The Hall–Kier alpha value is -2.07. The summed E-state index contributed by atoms with van der Waals surface area (Å²) >= 11 is 0. The molecule has 0 bridgehead atoms. The number of halogens is 1. The monoisotopic (exact) mass is 525 g/mol. The largest absolute Gasteiger partial charge is 0.497 e. The Morgan fingerprint density at radius 1 is 1.30 bits per heavy atom. The molecule has 30 heavy (non-hydrogen) atoms. The Bertz CT molecular complexity index is 815. The van der Waals surface area contributed by atoms with Crippen LogP contribution in [0.3, 0.4) is 0 Å². The zero-order valence-electron chi connectivity index (χ0n) is 18.2. The molecular weight excluding hydrogens is 493 g/mol. The molecule has 8 heteroatoms. The first kappa shape index (κ1) is 24.2. The van der Waals surface area contributed by atoms with Crippen molar-refractivity contribution in [3.63, 3.8) is 0 Å². The number of rotatable bonds is 6. The molecule has 1 aliphatic rings. The predicted octanol–water partition coefficient (Wildman–Crippen LogP) is 3.14. The maximum absolute atomic E-state index is 5.63. The number of hydrogen-bond acceptors (Lipinski definition) is 5. The van der Waals surface area contributed by atoms with Crippen molar-refractivity contribution in [3.05, 3.63) is 53.7 Å². The van der Waals surface area contributed by atoms with Crippen LogP contribution in [-0.2, 0) is 17.8 Å². The third-order valence-corrected chi connectivity index (χ3v) is 4.98. The maximum atomic E-state index is 5.63. The molecule has 0 radical (unpaired) electrons. The van der Waals surface area contributed by atoms with Crippen molar-refractivity contribution in [1.29, 1.82) is 0 Å². The average molecular weight is 525 g/mol. The first-order valence-electron chi connectivity index (χ1n) is 9.95.